The van der Waals surface area contributed by atoms with E-state index in [1.807, 2.05) is 6.07 Å². The maximum absolute atomic E-state index is 14.5. The zero-order valence-electron chi connectivity index (χ0n) is 24.1. The van der Waals surface area contributed by atoms with Gasteiger partial charge in [0, 0.05) is 12.4 Å². The molecule has 3 aromatic heterocycles. The Balaban J connectivity index is 1.51. The molecule has 2 amide bonds. The summed E-state index contributed by atoms with van der Waals surface area (Å²) < 4.78 is 28.8. The van der Waals surface area contributed by atoms with Crippen LogP contribution in [0.15, 0.2) is 53.8 Å². The van der Waals surface area contributed by atoms with Crippen LogP contribution in [0.25, 0.3) is 10.7 Å². The summed E-state index contributed by atoms with van der Waals surface area (Å²) in [5.41, 5.74) is 1.10. The molecule has 43 heavy (non-hydrogen) atoms. The van der Waals surface area contributed by atoms with E-state index < -0.39 is 39.7 Å². The molecule has 1 unspecified atom stereocenters. The van der Waals surface area contributed by atoms with Crippen LogP contribution in [0.4, 0.5) is 0 Å². The highest BCUT2D eigenvalue weighted by Gasteiger charge is 2.44. The predicted molar refractivity (Wildman–Crippen MR) is 162 cm³/mol. The Bertz CT molecular complexity index is 1540. The summed E-state index contributed by atoms with van der Waals surface area (Å²) in [6.45, 7) is 2.19. The number of nitrogens with one attached hydrogen (secondary N) is 2. The summed E-state index contributed by atoms with van der Waals surface area (Å²) >= 11 is 1.16. The highest BCUT2D eigenvalue weighted by molar-refractivity contribution is 7.89. The number of nitrogens with zero attached hydrogens (tertiary/aromatic N) is 4. The summed E-state index contributed by atoms with van der Waals surface area (Å²) in [4.78, 5) is 54.6. The molecule has 0 bridgehead atoms. The van der Waals surface area contributed by atoms with E-state index >= 15 is 0 Å². The van der Waals surface area contributed by atoms with E-state index in [2.05, 4.69) is 25.6 Å². The lowest BCUT2D eigenvalue weighted by atomic mass is 9.84. The molecule has 2 aliphatic rings. The van der Waals surface area contributed by atoms with Crippen molar-refractivity contribution < 1.29 is 22.8 Å². The molecule has 0 aromatic carbocycles. The minimum Gasteiger partial charge on any atom is -0.339 e. The van der Waals surface area contributed by atoms with Crippen LogP contribution in [0.1, 0.15) is 66.7 Å². The monoisotopic (exact) mass is 624 g/mol. The van der Waals surface area contributed by atoms with Crippen LogP contribution in [-0.4, -0.2) is 70.4 Å². The van der Waals surface area contributed by atoms with Crippen LogP contribution >= 0.6 is 11.3 Å². The number of pyridine rings is 2. The molecule has 0 spiro atoms. The van der Waals surface area contributed by atoms with Crippen molar-refractivity contribution in [2.45, 2.75) is 75.4 Å². The maximum Gasteiger partial charge on any atom is 0.284 e. The molecule has 228 valence electrons. The average Bonchev–Trinajstić information content (AvgIpc) is 3.30. The van der Waals surface area contributed by atoms with Gasteiger partial charge in [0.25, 0.3) is 21.8 Å². The fraction of sp³-hybridized carbons (Fsp3) is 0.467. The van der Waals surface area contributed by atoms with Crippen molar-refractivity contribution >= 4 is 39.0 Å². The number of carbonyl (C=O) groups is 3. The number of hydrogen-bond donors (Lipinski definition) is 2. The molecule has 1 saturated carbocycles. The molecule has 0 radical (unpaired) electrons. The SMILES string of the molecule is Cc1nc(-c2ccccn2)sc1C(=O)NC(CC1CCCCC1)C(=O)N([C@H]1CCCNCC1=O)S(=O)(=O)c1ccccn1. The average molecular weight is 625 g/mol. The second-order valence-corrected chi connectivity index (χ2v) is 13.8. The highest BCUT2D eigenvalue weighted by atomic mass is 32.2. The van der Waals surface area contributed by atoms with Crippen LogP contribution in [0.3, 0.4) is 0 Å². The third-order valence-corrected chi connectivity index (χ3v) is 10.8. The molecule has 2 fully saturated rings. The lowest BCUT2D eigenvalue weighted by Crippen LogP contribution is -2.57. The van der Waals surface area contributed by atoms with Crippen molar-refractivity contribution in [3.8, 4) is 10.7 Å². The number of hydrogen-bond acceptors (Lipinski definition) is 10. The van der Waals surface area contributed by atoms with Gasteiger partial charge < -0.3 is 10.6 Å². The minimum absolute atomic E-state index is 0.0534. The van der Waals surface area contributed by atoms with Gasteiger partial charge in [0.1, 0.15) is 22.0 Å². The quantitative estimate of drug-likeness (QED) is 0.364. The van der Waals surface area contributed by atoms with Gasteiger partial charge in [-0.25, -0.2) is 14.3 Å². The van der Waals surface area contributed by atoms with E-state index in [0.717, 1.165) is 43.4 Å². The van der Waals surface area contributed by atoms with Gasteiger partial charge in [-0.05, 0) is 62.9 Å². The molecule has 1 aliphatic heterocycles. The van der Waals surface area contributed by atoms with Crippen LogP contribution in [0.5, 0.6) is 0 Å². The topological polar surface area (TPSA) is 151 Å². The highest BCUT2D eigenvalue weighted by Crippen LogP contribution is 2.31. The van der Waals surface area contributed by atoms with Gasteiger partial charge in [0.05, 0.1) is 17.9 Å². The van der Waals surface area contributed by atoms with Crippen molar-refractivity contribution in [1.29, 1.82) is 0 Å². The molecule has 4 heterocycles. The fourth-order valence-electron chi connectivity index (χ4n) is 5.76. The van der Waals surface area contributed by atoms with E-state index in [4.69, 9.17) is 0 Å². The molecular weight excluding hydrogens is 589 g/mol. The molecule has 2 N–H and O–H groups in total. The molecule has 11 nitrogen and oxygen atoms in total. The zero-order chi connectivity index (χ0) is 30.4. The minimum atomic E-state index is -4.52. The molecule has 3 aromatic rings. The Labute approximate surface area is 255 Å². The van der Waals surface area contributed by atoms with Gasteiger partial charge >= 0.3 is 0 Å². The van der Waals surface area contributed by atoms with Crippen molar-refractivity contribution in [3.63, 3.8) is 0 Å². The smallest absolute Gasteiger partial charge is 0.284 e. The fourth-order valence-corrected chi connectivity index (χ4v) is 8.27. The third kappa shape index (κ3) is 7.16. The summed E-state index contributed by atoms with van der Waals surface area (Å²) in [6.07, 6.45) is 8.79. The van der Waals surface area contributed by atoms with Crippen molar-refractivity contribution in [2.24, 2.45) is 5.92 Å². The Hall–Kier alpha value is -3.55. The summed E-state index contributed by atoms with van der Waals surface area (Å²) in [5.74, 6) is -1.61. The number of aryl methyl sites for hydroxylation is 1. The summed E-state index contributed by atoms with van der Waals surface area (Å²) in [7, 11) is -4.52. The number of amides is 2. The number of Topliss-reactive ketones (excluding diaryl/α,β-unsaturated/α-hetero) is 1. The van der Waals surface area contributed by atoms with Crippen molar-refractivity contribution in [2.75, 3.05) is 13.1 Å². The third-order valence-electron chi connectivity index (χ3n) is 7.95. The van der Waals surface area contributed by atoms with Gasteiger partial charge in [0.2, 0.25) is 0 Å². The number of ketones is 1. The molecule has 13 heteroatoms. The van der Waals surface area contributed by atoms with E-state index in [9.17, 15) is 22.8 Å². The van der Waals surface area contributed by atoms with Gasteiger partial charge in [0.15, 0.2) is 10.8 Å². The maximum atomic E-state index is 14.5. The van der Waals surface area contributed by atoms with Crippen LogP contribution in [-0.2, 0) is 19.6 Å². The Morgan fingerprint density at radius 2 is 1.79 bits per heavy atom. The second-order valence-electron chi connectivity index (χ2n) is 11.0. The van der Waals surface area contributed by atoms with Gasteiger partial charge in [-0.1, -0.05) is 44.2 Å². The Morgan fingerprint density at radius 1 is 1.05 bits per heavy atom. The zero-order valence-corrected chi connectivity index (χ0v) is 25.7. The molecule has 1 saturated heterocycles. The van der Waals surface area contributed by atoms with Gasteiger partial charge in [-0.2, -0.15) is 8.42 Å². The molecular formula is C30H36N6O5S2. The normalized spacial score (nSPS) is 18.9. The number of sulfonamides is 1. The van der Waals surface area contributed by atoms with E-state index in [0.29, 0.717) is 38.5 Å². The Kier molecular flexibility index (Phi) is 9.93. The van der Waals surface area contributed by atoms with E-state index in [-0.39, 0.29) is 30.3 Å². The second kappa shape index (κ2) is 13.8. The van der Waals surface area contributed by atoms with Gasteiger partial charge in [-0.3, -0.25) is 19.4 Å². The predicted octanol–water partition coefficient (Wildman–Crippen LogP) is 3.52. The van der Waals surface area contributed by atoms with Crippen molar-refractivity contribution in [3.05, 3.63) is 59.4 Å². The van der Waals surface area contributed by atoms with Crippen LogP contribution in [0.2, 0.25) is 0 Å². The number of carbonyl (C=O) groups excluding carboxylic acids is 3. The summed E-state index contributed by atoms with van der Waals surface area (Å²) in [6, 6.07) is 7.45. The largest absolute Gasteiger partial charge is 0.339 e. The van der Waals surface area contributed by atoms with E-state index in [1.165, 1.54) is 18.3 Å². The molecule has 1 aliphatic carbocycles. The lowest BCUT2D eigenvalue weighted by molar-refractivity contribution is -0.135. The number of thiazole rings is 1. The number of rotatable bonds is 9. The first-order valence-electron chi connectivity index (χ1n) is 14.7. The number of aromatic nitrogens is 3. The molecule has 5 rings (SSSR count). The van der Waals surface area contributed by atoms with Crippen LogP contribution < -0.4 is 10.6 Å². The standard InChI is InChI=1S/C30H36N6O5S2/c1-20-27(42-29(34-20)22-12-5-7-16-32-22)28(38)35-23(18-21-10-3-2-4-11-21)30(39)36(24-13-9-15-31-19-25(24)37)43(40,41)26-14-6-8-17-33-26/h5-8,12,14,16-17,21,23-24,31H,2-4,9-11,13,15,18-19H2,1H3,(H,35,38)/t23?,24-/m0/s1. The first kappa shape index (κ1) is 30.9. The van der Waals surface area contributed by atoms with Crippen LogP contribution in [0, 0.1) is 12.8 Å². The van der Waals surface area contributed by atoms with Crippen molar-refractivity contribution in [1.82, 2.24) is 29.9 Å². The Morgan fingerprint density at radius 3 is 2.49 bits per heavy atom. The lowest BCUT2D eigenvalue weighted by Gasteiger charge is -2.34. The first-order valence-corrected chi connectivity index (χ1v) is 16.9. The molecule has 2 atom stereocenters. The van der Waals surface area contributed by atoms with Gasteiger partial charge in [-0.15, -0.1) is 11.3 Å². The van der Waals surface area contributed by atoms with E-state index in [1.54, 1.807) is 31.3 Å². The first-order chi connectivity index (χ1) is 20.8. The summed E-state index contributed by atoms with van der Waals surface area (Å²) in [5, 5.41) is 6.11.